The molecule has 63 heavy (non-hydrogen) atoms. The zero-order valence-corrected chi connectivity index (χ0v) is 36.8. The van der Waals surface area contributed by atoms with E-state index in [9.17, 15) is 4.79 Å². The number of rotatable bonds is 9. The predicted molar refractivity (Wildman–Crippen MR) is 234 cm³/mol. The van der Waals surface area contributed by atoms with Gasteiger partial charge in [-0.05, 0) is 36.4 Å². The number of hydrogen-bond acceptors (Lipinski definition) is 15. The highest BCUT2D eigenvalue weighted by Gasteiger charge is 2.50. The number of esters is 1. The van der Waals surface area contributed by atoms with Gasteiger partial charge in [0.2, 0.25) is 0 Å². The quantitative estimate of drug-likeness (QED) is 0.196. The molecule has 15 nitrogen and oxygen atoms in total. The van der Waals surface area contributed by atoms with Crippen molar-refractivity contribution in [1.29, 1.82) is 0 Å². The molecule has 0 unspecified atom stereocenters. The number of carbonyl (C=O) groups excluding carboxylic acids is 1. The maximum Gasteiger partial charge on any atom is 0.340 e. The van der Waals surface area contributed by atoms with Gasteiger partial charge in [-0.2, -0.15) is 0 Å². The summed E-state index contributed by atoms with van der Waals surface area (Å²) in [5, 5.41) is 0. The monoisotopic (exact) mass is 877 g/mol. The number of anilines is 1. The van der Waals surface area contributed by atoms with Crippen molar-refractivity contribution in [2.45, 2.75) is 32.0 Å². The lowest BCUT2D eigenvalue weighted by atomic mass is 9.77. The lowest BCUT2D eigenvalue weighted by Crippen LogP contribution is -2.31. The summed E-state index contributed by atoms with van der Waals surface area (Å²) in [6.07, 6.45) is 3.38. The molecule has 0 saturated carbocycles. The Bertz CT molecular complexity index is 1750. The van der Waals surface area contributed by atoms with E-state index in [2.05, 4.69) is 13.2 Å². The number of ether oxygens (including phenoxy) is 13. The average Bonchev–Trinajstić information content (AvgIpc) is 3.59. The van der Waals surface area contributed by atoms with Crippen molar-refractivity contribution in [3.63, 3.8) is 0 Å². The molecule has 0 radical (unpaired) electrons. The average molecular weight is 878 g/mol. The van der Waals surface area contributed by atoms with Gasteiger partial charge in [-0.25, -0.2) is 4.79 Å². The van der Waals surface area contributed by atoms with Crippen molar-refractivity contribution in [3.05, 3.63) is 112 Å². The maximum atomic E-state index is 14.4. The first-order chi connectivity index (χ1) is 31.0. The smallest absolute Gasteiger partial charge is 0.340 e. The van der Waals surface area contributed by atoms with Gasteiger partial charge >= 0.3 is 5.97 Å². The Hall–Kier alpha value is -4.39. The van der Waals surface area contributed by atoms with E-state index < -0.39 is 11.6 Å². The summed E-state index contributed by atoms with van der Waals surface area (Å²) in [7, 11) is 3.87. The Kier molecular flexibility index (Phi) is 19.7. The first kappa shape index (κ1) is 48.1. The molecule has 0 amide bonds. The number of fused-ring (bicyclic) bond motifs is 5. The molecule has 344 valence electrons. The van der Waals surface area contributed by atoms with Gasteiger partial charge in [-0.3, -0.25) is 0 Å². The molecular formula is C48H63NO14. The number of benzene rings is 3. The van der Waals surface area contributed by atoms with Gasteiger partial charge in [0.05, 0.1) is 138 Å². The summed E-state index contributed by atoms with van der Waals surface area (Å²) in [6.45, 7) is 15.2. The minimum Gasteiger partial charge on any atom is -0.489 e. The summed E-state index contributed by atoms with van der Waals surface area (Å²) in [6, 6.07) is 13.7. The van der Waals surface area contributed by atoms with Crippen LogP contribution in [-0.4, -0.2) is 139 Å². The van der Waals surface area contributed by atoms with E-state index in [0.717, 1.165) is 27.9 Å². The second kappa shape index (κ2) is 25.8. The van der Waals surface area contributed by atoms with Crippen LogP contribution < -0.4 is 14.4 Å². The van der Waals surface area contributed by atoms with Crippen LogP contribution in [0.5, 0.6) is 11.5 Å². The summed E-state index contributed by atoms with van der Waals surface area (Å²) in [5.41, 5.74) is 4.66. The molecule has 3 aromatic carbocycles. The summed E-state index contributed by atoms with van der Waals surface area (Å²) < 4.78 is 78.8. The molecular weight excluding hydrogens is 815 g/mol. The van der Waals surface area contributed by atoms with Gasteiger partial charge in [0.25, 0.3) is 0 Å². The molecule has 0 saturated heterocycles. The van der Waals surface area contributed by atoms with Gasteiger partial charge in [0.15, 0.2) is 5.60 Å². The van der Waals surface area contributed by atoms with E-state index in [-0.39, 0.29) is 39.6 Å². The van der Waals surface area contributed by atoms with Crippen LogP contribution in [0.4, 0.5) is 5.69 Å². The van der Waals surface area contributed by atoms with Crippen LogP contribution in [0.15, 0.2) is 67.8 Å². The fraction of sp³-hybridized carbons (Fsp3) is 0.521. The zero-order chi connectivity index (χ0) is 44.1. The third-order valence-electron chi connectivity index (χ3n) is 10.4. The van der Waals surface area contributed by atoms with Crippen molar-refractivity contribution in [2.75, 3.05) is 138 Å². The van der Waals surface area contributed by atoms with Crippen LogP contribution in [0.25, 0.3) is 0 Å². The maximum absolute atomic E-state index is 14.4. The molecule has 0 spiro atoms. The van der Waals surface area contributed by atoms with Crippen LogP contribution in [0, 0.1) is 0 Å². The fourth-order valence-corrected chi connectivity index (χ4v) is 7.41. The van der Waals surface area contributed by atoms with E-state index in [1.165, 1.54) is 0 Å². The van der Waals surface area contributed by atoms with E-state index in [0.29, 0.717) is 139 Å². The van der Waals surface area contributed by atoms with E-state index in [4.69, 9.17) is 61.6 Å². The number of cyclic esters (lactones) is 1. The summed E-state index contributed by atoms with van der Waals surface area (Å²) >= 11 is 0. The zero-order valence-electron chi connectivity index (χ0n) is 36.8. The Morgan fingerprint density at radius 3 is 1.17 bits per heavy atom. The molecule has 3 heterocycles. The first-order valence-corrected chi connectivity index (χ1v) is 21.6. The minimum atomic E-state index is -1.48. The Morgan fingerprint density at radius 1 is 0.524 bits per heavy atom. The number of hydrogen-bond donors (Lipinski definition) is 0. The molecule has 3 aliphatic heterocycles. The highest BCUT2D eigenvalue weighted by molar-refractivity contribution is 5.97. The second-order valence-corrected chi connectivity index (χ2v) is 15.0. The lowest BCUT2D eigenvalue weighted by Gasteiger charge is -2.33. The molecule has 0 fully saturated rings. The second-order valence-electron chi connectivity index (χ2n) is 15.0. The van der Waals surface area contributed by atoms with Gasteiger partial charge in [-0.15, -0.1) is 0 Å². The van der Waals surface area contributed by atoms with E-state index >= 15 is 0 Å². The Morgan fingerprint density at radius 2 is 0.857 bits per heavy atom. The van der Waals surface area contributed by atoms with Crippen LogP contribution in [0.3, 0.4) is 0 Å². The fourth-order valence-electron chi connectivity index (χ4n) is 7.41. The molecule has 15 heteroatoms. The molecule has 4 bridgehead atoms. The minimum absolute atomic E-state index is 0.162. The molecule has 0 aliphatic carbocycles. The molecule has 0 atom stereocenters. The van der Waals surface area contributed by atoms with Crippen LogP contribution in [0.2, 0.25) is 0 Å². The van der Waals surface area contributed by atoms with Crippen molar-refractivity contribution >= 4 is 11.7 Å². The molecule has 0 aromatic heterocycles. The molecule has 3 aliphatic rings. The third kappa shape index (κ3) is 13.3. The lowest BCUT2D eigenvalue weighted by molar-refractivity contribution is -0.0150. The van der Waals surface area contributed by atoms with Crippen LogP contribution >= 0.6 is 0 Å². The standard InChI is InChI=1S/C48H63NO14/c1-5-9-61-45-36-27-40(28-37(45)33-58-24-20-54-16-12-51-11-15-53-19-23-57-32-36)48(44-8-7-42(49(3)4)31-43(44)47(50)63-48)41-29-38-34-59-25-21-55-17-13-52-14-18-56-22-26-60-35-39(30-41)46(38)62-10-6-2/h5-8,27-31H,1-2,9-26,32-35H2,3-4H3. The van der Waals surface area contributed by atoms with E-state index in [1.807, 2.05) is 61.5 Å². The van der Waals surface area contributed by atoms with Crippen molar-refractivity contribution in [2.24, 2.45) is 0 Å². The van der Waals surface area contributed by atoms with E-state index in [1.54, 1.807) is 12.2 Å². The van der Waals surface area contributed by atoms with Crippen molar-refractivity contribution in [1.82, 2.24) is 0 Å². The normalized spacial score (nSPS) is 19.2. The predicted octanol–water partition coefficient (Wildman–Crippen LogP) is 5.54. The van der Waals surface area contributed by atoms with Crippen LogP contribution in [0.1, 0.15) is 49.3 Å². The number of nitrogens with zero attached hydrogens (tertiary/aromatic N) is 1. The summed E-state index contributed by atoms with van der Waals surface area (Å²) in [5.74, 6) is 0.702. The highest BCUT2D eigenvalue weighted by Crippen LogP contribution is 2.50. The molecule has 0 N–H and O–H groups in total. The van der Waals surface area contributed by atoms with Gasteiger partial charge in [0, 0.05) is 58.7 Å². The van der Waals surface area contributed by atoms with Gasteiger partial charge in [-0.1, -0.05) is 31.4 Å². The van der Waals surface area contributed by atoms with Crippen molar-refractivity contribution < 1.29 is 66.4 Å². The highest BCUT2D eigenvalue weighted by atomic mass is 16.6. The third-order valence-corrected chi connectivity index (χ3v) is 10.4. The Labute approximate surface area is 370 Å². The van der Waals surface area contributed by atoms with Gasteiger partial charge in [0.1, 0.15) is 24.7 Å². The van der Waals surface area contributed by atoms with Crippen LogP contribution in [-0.2, 0) is 84.1 Å². The largest absolute Gasteiger partial charge is 0.489 e. The summed E-state index contributed by atoms with van der Waals surface area (Å²) in [4.78, 5) is 16.4. The molecule has 6 rings (SSSR count). The SMILES string of the molecule is C=CCOc1c2cc(C3(c4cc5c(OCC=C)c(c4)COCCOCCOCCOCCOC5)OC(=O)c4cc(N(C)C)ccc43)cc1COCCOCCOCCOCCOC2. The topological polar surface area (TPSA) is 140 Å². The molecule has 3 aromatic rings. The Balaban J connectivity index is 1.54. The first-order valence-electron chi connectivity index (χ1n) is 21.6. The van der Waals surface area contributed by atoms with Gasteiger partial charge < -0.3 is 66.5 Å². The van der Waals surface area contributed by atoms with Crippen molar-refractivity contribution in [3.8, 4) is 11.5 Å². The number of carbonyl (C=O) groups is 1.